The molecular weight excluding hydrogens is 311 g/mol. The van der Waals surface area contributed by atoms with E-state index in [0.717, 1.165) is 15.0 Å². The summed E-state index contributed by atoms with van der Waals surface area (Å²) in [5.41, 5.74) is 1.07. The van der Waals surface area contributed by atoms with E-state index in [0.29, 0.717) is 11.1 Å². The molecule has 4 heteroatoms. The topological polar surface area (TPSA) is 26.3 Å². The van der Waals surface area contributed by atoms with Crippen molar-refractivity contribution in [2.45, 2.75) is 12.0 Å². The van der Waals surface area contributed by atoms with Crippen molar-refractivity contribution >= 4 is 27.4 Å². The van der Waals surface area contributed by atoms with E-state index < -0.39 is 12.1 Å². The van der Waals surface area contributed by atoms with E-state index >= 15 is 0 Å². The zero-order valence-corrected chi connectivity index (χ0v) is 13.0. The number of esters is 1. The van der Waals surface area contributed by atoms with Gasteiger partial charge in [-0.3, -0.25) is 0 Å². The maximum atomic E-state index is 13.6. The van der Waals surface area contributed by atoms with Gasteiger partial charge in [-0.1, -0.05) is 36.9 Å². The van der Waals surface area contributed by atoms with Gasteiger partial charge in [-0.25, -0.2) is 9.18 Å². The summed E-state index contributed by atoms with van der Waals surface area (Å²) in [5.74, 6) is -1.03. The molecule has 1 saturated heterocycles. The van der Waals surface area contributed by atoms with Crippen LogP contribution in [0.4, 0.5) is 4.39 Å². The Bertz CT molecular complexity index is 895. The Labute approximate surface area is 136 Å². The first-order valence-corrected chi connectivity index (χ1v) is 8.09. The van der Waals surface area contributed by atoms with Crippen molar-refractivity contribution in [3.63, 3.8) is 0 Å². The molecule has 0 saturated carbocycles. The third-order valence-electron chi connectivity index (χ3n) is 4.10. The number of hydrogen-bond donors (Lipinski definition) is 0. The highest BCUT2D eigenvalue weighted by molar-refractivity contribution is 7.19. The van der Waals surface area contributed by atoms with E-state index in [2.05, 4.69) is 12.6 Å². The van der Waals surface area contributed by atoms with Crippen LogP contribution in [-0.4, -0.2) is 5.97 Å². The summed E-state index contributed by atoms with van der Waals surface area (Å²) in [5, 5.41) is 1.12. The molecule has 1 fully saturated rings. The van der Waals surface area contributed by atoms with Gasteiger partial charge in [0.15, 0.2) is 0 Å². The van der Waals surface area contributed by atoms with Crippen LogP contribution in [0.25, 0.3) is 10.1 Å². The molecule has 1 aliphatic heterocycles. The van der Waals surface area contributed by atoms with Crippen LogP contribution < -0.4 is 0 Å². The smallest absolute Gasteiger partial charge is 0.334 e. The van der Waals surface area contributed by atoms with Crippen molar-refractivity contribution in [2.24, 2.45) is 0 Å². The molecule has 2 unspecified atom stereocenters. The van der Waals surface area contributed by atoms with Crippen molar-refractivity contribution in [3.8, 4) is 0 Å². The van der Waals surface area contributed by atoms with Gasteiger partial charge in [-0.2, -0.15) is 0 Å². The average molecular weight is 324 g/mol. The molecule has 4 rings (SSSR count). The molecule has 2 nitrogen and oxygen atoms in total. The lowest BCUT2D eigenvalue weighted by Gasteiger charge is -2.17. The highest BCUT2D eigenvalue weighted by Gasteiger charge is 2.41. The largest absolute Gasteiger partial charge is 0.453 e. The minimum atomic E-state index is -0.529. The normalized spacial score (nSPS) is 20.9. The quantitative estimate of drug-likeness (QED) is 0.491. The summed E-state index contributed by atoms with van der Waals surface area (Å²) in [6.07, 6.45) is -0.529. The molecule has 2 aromatic carbocycles. The summed E-state index contributed by atoms with van der Waals surface area (Å²) in [4.78, 5) is 13.0. The number of carbonyl (C=O) groups excluding carboxylic acids is 1. The number of ether oxygens (including phenoxy) is 1. The minimum Gasteiger partial charge on any atom is -0.453 e. The molecule has 1 aliphatic rings. The highest BCUT2D eigenvalue weighted by atomic mass is 32.1. The van der Waals surface area contributed by atoms with Gasteiger partial charge in [0.05, 0.1) is 5.92 Å². The molecular formula is C19H13FO2S. The Morgan fingerprint density at radius 1 is 1.09 bits per heavy atom. The zero-order chi connectivity index (χ0) is 16.0. The molecule has 0 amide bonds. The van der Waals surface area contributed by atoms with Crippen LogP contribution in [0.5, 0.6) is 0 Å². The Morgan fingerprint density at radius 3 is 2.70 bits per heavy atom. The summed E-state index contributed by atoms with van der Waals surface area (Å²) in [7, 11) is 0. The van der Waals surface area contributed by atoms with Crippen LogP contribution in [-0.2, 0) is 9.53 Å². The van der Waals surface area contributed by atoms with Gasteiger partial charge >= 0.3 is 5.97 Å². The highest BCUT2D eigenvalue weighted by Crippen LogP contribution is 2.48. The van der Waals surface area contributed by atoms with Gasteiger partial charge in [0, 0.05) is 15.2 Å². The summed E-state index contributed by atoms with van der Waals surface area (Å²) in [6, 6.07) is 16.3. The lowest BCUT2D eigenvalue weighted by Crippen LogP contribution is -2.06. The molecule has 114 valence electrons. The predicted octanol–water partition coefficient (Wildman–Crippen LogP) is 4.98. The summed E-state index contributed by atoms with van der Waals surface area (Å²) < 4.78 is 20.2. The van der Waals surface area contributed by atoms with E-state index in [4.69, 9.17) is 4.74 Å². The van der Waals surface area contributed by atoms with E-state index in [9.17, 15) is 9.18 Å². The van der Waals surface area contributed by atoms with Crippen LogP contribution >= 0.6 is 11.3 Å². The molecule has 1 aromatic heterocycles. The zero-order valence-electron chi connectivity index (χ0n) is 12.2. The standard InChI is InChI=1S/C19H13FO2S/c1-11-17(16-10-12-5-2-3-8-15(12)23-16)18(22-19(11)21)13-6-4-7-14(20)9-13/h2-10,17-18H,1H2. The molecule has 2 atom stereocenters. The van der Waals surface area contributed by atoms with Crippen LogP contribution in [0, 0.1) is 5.82 Å². The molecule has 0 radical (unpaired) electrons. The van der Waals surface area contributed by atoms with Crippen molar-refractivity contribution < 1.29 is 13.9 Å². The number of hydrogen-bond acceptors (Lipinski definition) is 3. The van der Waals surface area contributed by atoms with Gasteiger partial charge in [0.2, 0.25) is 0 Å². The van der Waals surface area contributed by atoms with Gasteiger partial charge < -0.3 is 4.74 Å². The Hall–Kier alpha value is -2.46. The number of benzene rings is 2. The van der Waals surface area contributed by atoms with E-state index in [-0.39, 0.29) is 11.7 Å². The SMILES string of the molecule is C=C1C(=O)OC(c2cccc(F)c2)C1c1cc2ccccc2s1. The first kappa shape index (κ1) is 14.2. The van der Waals surface area contributed by atoms with Gasteiger partial charge in [0.1, 0.15) is 11.9 Å². The van der Waals surface area contributed by atoms with Crippen LogP contribution in [0.3, 0.4) is 0 Å². The maximum Gasteiger partial charge on any atom is 0.334 e. The summed E-state index contributed by atoms with van der Waals surface area (Å²) in [6.45, 7) is 3.90. The first-order chi connectivity index (χ1) is 11.1. The molecule has 3 aromatic rings. The predicted molar refractivity (Wildman–Crippen MR) is 88.9 cm³/mol. The Morgan fingerprint density at radius 2 is 1.91 bits per heavy atom. The van der Waals surface area contributed by atoms with E-state index in [1.807, 2.05) is 24.3 Å². The second-order valence-corrected chi connectivity index (χ2v) is 6.69. The first-order valence-electron chi connectivity index (χ1n) is 7.27. The molecule has 23 heavy (non-hydrogen) atoms. The van der Waals surface area contributed by atoms with Crippen molar-refractivity contribution in [1.82, 2.24) is 0 Å². The fourth-order valence-corrected chi connectivity index (χ4v) is 4.21. The second-order valence-electron chi connectivity index (χ2n) is 5.57. The van der Waals surface area contributed by atoms with Crippen molar-refractivity contribution in [2.75, 3.05) is 0 Å². The minimum absolute atomic E-state index is 0.276. The fourth-order valence-electron chi connectivity index (χ4n) is 2.99. The number of fused-ring (bicyclic) bond motifs is 1. The molecule has 0 spiro atoms. The Balaban J connectivity index is 1.82. The van der Waals surface area contributed by atoms with E-state index in [1.165, 1.54) is 12.1 Å². The van der Waals surface area contributed by atoms with Crippen LogP contribution in [0.15, 0.2) is 66.7 Å². The number of rotatable bonds is 2. The maximum absolute atomic E-state index is 13.6. The third-order valence-corrected chi connectivity index (χ3v) is 5.30. The third kappa shape index (κ3) is 2.35. The Kier molecular flexibility index (Phi) is 3.27. The molecule has 0 bridgehead atoms. The number of halogens is 1. The van der Waals surface area contributed by atoms with Crippen LogP contribution in [0.2, 0.25) is 0 Å². The summed E-state index contributed by atoms with van der Waals surface area (Å²) >= 11 is 1.62. The number of thiophene rings is 1. The van der Waals surface area contributed by atoms with E-state index in [1.54, 1.807) is 23.5 Å². The van der Waals surface area contributed by atoms with Crippen molar-refractivity contribution in [3.05, 3.63) is 83.0 Å². The molecule has 0 N–H and O–H groups in total. The number of carbonyl (C=O) groups is 1. The molecule has 0 aliphatic carbocycles. The monoisotopic (exact) mass is 324 g/mol. The molecule has 2 heterocycles. The van der Waals surface area contributed by atoms with Gasteiger partial charge in [-0.15, -0.1) is 11.3 Å². The second kappa shape index (κ2) is 5.32. The lowest BCUT2D eigenvalue weighted by atomic mass is 9.90. The fraction of sp³-hybridized carbons (Fsp3) is 0.105. The average Bonchev–Trinajstić information content (AvgIpc) is 3.09. The van der Waals surface area contributed by atoms with Crippen molar-refractivity contribution in [1.29, 1.82) is 0 Å². The van der Waals surface area contributed by atoms with Gasteiger partial charge in [0.25, 0.3) is 0 Å². The van der Waals surface area contributed by atoms with Crippen LogP contribution in [0.1, 0.15) is 22.5 Å². The van der Waals surface area contributed by atoms with Gasteiger partial charge in [-0.05, 0) is 35.2 Å². The number of cyclic esters (lactones) is 1. The lowest BCUT2D eigenvalue weighted by molar-refractivity contribution is -0.139.